The number of rotatable bonds is 6. The number of hydrogen-bond donors (Lipinski definition) is 3. The van der Waals surface area contributed by atoms with Gasteiger partial charge in [-0.2, -0.15) is 0 Å². The molecule has 2 fully saturated rings. The van der Waals surface area contributed by atoms with E-state index in [1.165, 1.54) is 7.11 Å². The minimum Gasteiger partial charge on any atom is -0.468 e. The lowest BCUT2D eigenvalue weighted by Gasteiger charge is -2.23. The molecule has 0 bridgehead atoms. The fourth-order valence-corrected chi connectivity index (χ4v) is 3.62. The van der Waals surface area contributed by atoms with Gasteiger partial charge in [0.05, 0.1) is 13.5 Å². The zero-order valence-electron chi connectivity index (χ0n) is 15.0. The lowest BCUT2D eigenvalue weighted by Crippen LogP contribution is -2.31. The smallest absolute Gasteiger partial charge is 0.325 e. The Labute approximate surface area is 152 Å². The molecule has 3 N–H and O–H groups in total. The van der Waals surface area contributed by atoms with E-state index in [0.29, 0.717) is 0 Å². The number of esters is 1. The highest BCUT2D eigenvalue weighted by Gasteiger charge is 2.57. The van der Waals surface area contributed by atoms with Crippen molar-refractivity contribution in [3.05, 3.63) is 29.8 Å². The van der Waals surface area contributed by atoms with Crippen LogP contribution in [0.1, 0.15) is 24.8 Å². The Balaban J connectivity index is 1.46. The van der Waals surface area contributed by atoms with Gasteiger partial charge >= 0.3 is 5.97 Å². The van der Waals surface area contributed by atoms with Crippen LogP contribution in [-0.4, -0.2) is 44.5 Å². The Kier molecular flexibility index (Phi) is 5.56. The Morgan fingerprint density at radius 1 is 1.19 bits per heavy atom. The molecule has 1 aromatic carbocycles. The monoisotopic (exact) mass is 359 g/mol. The summed E-state index contributed by atoms with van der Waals surface area (Å²) in [6.07, 6.45) is 3.30. The number of piperidine rings is 1. The maximum Gasteiger partial charge on any atom is 0.325 e. The van der Waals surface area contributed by atoms with Crippen LogP contribution < -0.4 is 16.0 Å². The van der Waals surface area contributed by atoms with Gasteiger partial charge in [-0.3, -0.25) is 14.4 Å². The molecule has 1 aliphatic carbocycles. The number of amides is 2. The highest BCUT2D eigenvalue weighted by molar-refractivity contribution is 5.95. The van der Waals surface area contributed by atoms with E-state index in [0.717, 1.165) is 43.6 Å². The molecule has 1 atom stereocenters. The molecule has 0 aromatic heterocycles. The Bertz CT molecular complexity index is 681. The Hall–Kier alpha value is -2.41. The molecule has 3 rings (SSSR count). The molecule has 2 aliphatic rings. The summed E-state index contributed by atoms with van der Waals surface area (Å²) in [7, 11) is 1.27. The summed E-state index contributed by atoms with van der Waals surface area (Å²) in [5, 5.41) is 8.82. The van der Waals surface area contributed by atoms with Crippen molar-refractivity contribution in [1.82, 2.24) is 10.6 Å². The van der Waals surface area contributed by atoms with Crippen LogP contribution in [0.4, 0.5) is 5.69 Å². The second-order valence-electron chi connectivity index (χ2n) is 7.08. The lowest BCUT2D eigenvalue weighted by molar-refractivity contribution is -0.141. The van der Waals surface area contributed by atoms with Crippen molar-refractivity contribution >= 4 is 23.5 Å². The average Bonchev–Trinajstić information content (AvgIpc) is 3.35. The normalized spacial score (nSPS) is 20.3. The predicted octanol–water partition coefficient (Wildman–Crippen LogP) is 0.847. The number of carbonyl (C=O) groups excluding carboxylic acids is 3. The van der Waals surface area contributed by atoms with Crippen molar-refractivity contribution in [2.75, 3.05) is 32.1 Å². The van der Waals surface area contributed by atoms with Crippen molar-refractivity contribution in [3.8, 4) is 0 Å². The molecular weight excluding hydrogens is 334 g/mol. The highest BCUT2D eigenvalue weighted by atomic mass is 16.5. The second kappa shape index (κ2) is 7.86. The van der Waals surface area contributed by atoms with Crippen molar-refractivity contribution in [2.45, 2.75) is 25.7 Å². The van der Waals surface area contributed by atoms with Gasteiger partial charge in [-0.1, -0.05) is 12.1 Å². The molecule has 7 nitrogen and oxygen atoms in total. The number of carbonyl (C=O) groups is 3. The summed E-state index contributed by atoms with van der Waals surface area (Å²) in [6.45, 7) is 1.86. The number of anilines is 1. The fourth-order valence-electron chi connectivity index (χ4n) is 3.62. The Morgan fingerprint density at radius 3 is 2.54 bits per heavy atom. The van der Waals surface area contributed by atoms with Gasteiger partial charge in [0.25, 0.3) is 0 Å². The molecule has 1 aromatic rings. The standard InChI is InChI=1S/C19H25N3O4/c1-26-17(24)12-21-16(23)10-13-2-4-14(5-3-13)22-18(25)15-11-19(15)6-8-20-9-7-19/h2-5,15,20H,6-12H2,1H3,(H,21,23)(H,22,25). The molecule has 0 radical (unpaired) electrons. The van der Waals surface area contributed by atoms with Crippen LogP contribution >= 0.6 is 0 Å². The second-order valence-corrected chi connectivity index (χ2v) is 7.08. The van der Waals surface area contributed by atoms with E-state index in [2.05, 4.69) is 20.7 Å². The van der Waals surface area contributed by atoms with Gasteiger partial charge in [0.15, 0.2) is 0 Å². The van der Waals surface area contributed by atoms with E-state index in [1.807, 2.05) is 0 Å². The van der Waals surface area contributed by atoms with Crippen molar-refractivity contribution < 1.29 is 19.1 Å². The van der Waals surface area contributed by atoms with Crippen LogP contribution in [-0.2, 0) is 25.5 Å². The van der Waals surface area contributed by atoms with Crippen molar-refractivity contribution in [3.63, 3.8) is 0 Å². The van der Waals surface area contributed by atoms with E-state index >= 15 is 0 Å². The number of methoxy groups -OCH3 is 1. The van der Waals surface area contributed by atoms with Crippen molar-refractivity contribution in [1.29, 1.82) is 0 Å². The zero-order valence-corrected chi connectivity index (χ0v) is 15.0. The average molecular weight is 359 g/mol. The number of hydrogen-bond acceptors (Lipinski definition) is 5. The van der Waals surface area contributed by atoms with Gasteiger partial charge < -0.3 is 20.7 Å². The SMILES string of the molecule is COC(=O)CNC(=O)Cc1ccc(NC(=O)C2CC23CCNCC3)cc1. The minimum absolute atomic E-state index is 0.0930. The lowest BCUT2D eigenvalue weighted by atomic mass is 9.92. The van der Waals surface area contributed by atoms with Crippen LogP contribution in [0.2, 0.25) is 0 Å². The van der Waals surface area contributed by atoms with Gasteiger partial charge in [-0.25, -0.2) is 0 Å². The molecule has 2 amide bonds. The molecule has 1 saturated carbocycles. The summed E-state index contributed by atoms with van der Waals surface area (Å²) < 4.78 is 4.47. The molecular formula is C19H25N3O4. The highest BCUT2D eigenvalue weighted by Crippen LogP contribution is 2.58. The van der Waals surface area contributed by atoms with Crippen LogP contribution in [0, 0.1) is 11.3 Å². The van der Waals surface area contributed by atoms with Gasteiger partial charge in [0.1, 0.15) is 6.54 Å². The third-order valence-electron chi connectivity index (χ3n) is 5.35. The minimum atomic E-state index is -0.483. The van der Waals surface area contributed by atoms with E-state index < -0.39 is 5.97 Å². The van der Waals surface area contributed by atoms with Crippen LogP contribution in [0.15, 0.2) is 24.3 Å². The van der Waals surface area contributed by atoms with Gasteiger partial charge in [0.2, 0.25) is 11.8 Å². The topological polar surface area (TPSA) is 96.5 Å². The summed E-state index contributed by atoms with van der Waals surface area (Å²) in [5.74, 6) is -0.523. The third-order valence-corrected chi connectivity index (χ3v) is 5.35. The first-order valence-electron chi connectivity index (χ1n) is 8.96. The maximum absolute atomic E-state index is 12.4. The van der Waals surface area contributed by atoms with E-state index in [-0.39, 0.29) is 36.1 Å². The number of ether oxygens (including phenoxy) is 1. The van der Waals surface area contributed by atoms with Gasteiger partial charge in [-0.15, -0.1) is 0 Å². The summed E-state index contributed by atoms with van der Waals surface area (Å²) in [4.78, 5) is 35.2. The van der Waals surface area contributed by atoms with E-state index in [1.54, 1.807) is 24.3 Å². The quantitative estimate of drug-likeness (QED) is 0.654. The summed E-state index contributed by atoms with van der Waals surface area (Å²) in [6, 6.07) is 7.22. The van der Waals surface area contributed by atoms with Gasteiger partial charge in [0, 0.05) is 11.6 Å². The van der Waals surface area contributed by atoms with Crippen LogP contribution in [0.3, 0.4) is 0 Å². The molecule has 1 aliphatic heterocycles. The van der Waals surface area contributed by atoms with Crippen molar-refractivity contribution in [2.24, 2.45) is 11.3 Å². The number of nitrogens with one attached hydrogen (secondary N) is 3. The molecule has 26 heavy (non-hydrogen) atoms. The molecule has 1 unspecified atom stereocenters. The van der Waals surface area contributed by atoms with Crippen LogP contribution in [0.5, 0.6) is 0 Å². The number of benzene rings is 1. The molecule has 1 saturated heterocycles. The Morgan fingerprint density at radius 2 is 1.88 bits per heavy atom. The van der Waals surface area contributed by atoms with E-state index in [9.17, 15) is 14.4 Å². The van der Waals surface area contributed by atoms with Crippen LogP contribution in [0.25, 0.3) is 0 Å². The first-order valence-corrected chi connectivity index (χ1v) is 8.96. The third kappa shape index (κ3) is 4.40. The maximum atomic E-state index is 12.4. The molecule has 140 valence electrons. The first-order chi connectivity index (χ1) is 12.5. The first kappa shape index (κ1) is 18.4. The fraction of sp³-hybridized carbons (Fsp3) is 0.526. The van der Waals surface area contributed by atoms with Gasteiger partial charge in [-0.05, 0) is 55.5 Å². The largest absolute Gasteiger partial charge is 0.468 e. The predicted molar refractivity (Wildman–Crippen MR) is 96.4 cm³/mol. The summed E-state index contributed by atoms with van der Waals surface area (Å²) >= 11 is 0. The van der Waals surface area contributed by atoms with E-state index in [4.69, 9.17) is 0 Å². The molecule has 1 spiro atoms. The zero-order chi connectivity index (χ0) is 18.6. The summed E-state index contributed by atoms with van der Waals surface area (Å²) in [5.41, 5.74) is 1.77. The molecule has 7 heteroatoms. The molecule has 1 heterocycles.